The van der Waals surface area contributed by atoms with Crippen LogP contribution in [0, 0.1) is 0 Å². The number of nitrogens with one attached hydrogen (secondary N) is 1. The summed E-state index contributed by atoms with van der Waals surface area (Å²) in [7, 11) is -0.896. The second-order valence-corrected chi connectivity index (χ2v) is 16.3. The zero-order chi connectivity index (χ0) is 27.2. The summed E-state index contributed by atoms with van der Waals surface area (Å²) in [6.07, 6.45) is 4.05. The van der Waals surface area contributed by atoms with E-state index in [9.17, 15) is 14.4 Å². The van der Waals surface area contributed by atoms with E-state index in [4.69, 9.17) is 13.9 Å². The number of likely N-dealkylation sites (tertiary alicyclic amines) is 1. The van der Waals surface area contributed by atoms with E-state index in [1.165, 1.54) is 7.11 Å². The number of methoxy groups -OCH3 is 1. The minimum Gasteiger partial charge on any atom is -0.467 e. The highest BCUT2D eigenvalue weighted by atomic mass is 28.4. The van der Waals surface area contributed by atoms with E-state index < -0.39 is 38.1 Å². The van der Waals surface area contributed by atoms with Crippen molar-refractivity contribution in [3.8, 4) is 0 Å². The molecule has 35 heavy (non-hydrogen) atoms. The van der Waals surface area contributed by atoms with Gasteiger partial charge >= 0.3 is 12.1 Å². The number of carbonyl (C=O) groups excluding carboxylic acids is 3. The van der Waals surface area contributed by atoms with E-state index in [0.717, 1.165) is 0 Å². The smallest absolute Gasteiger partial charge is 0.408 e. The summed E-state index contributed by atoms with van der Waals surface area (Å²) < 4.78 is 17.2. The third-order valence-corrected chi connectivity index (χ3v) is 11.1. The number of hydrogen-bond acceptors (Lipinski definition) is 6. The summed E-state index contributed by atoms with van der Waals surface area (Å²) in [5, 5.41) is 2.62. The molecule has 0 aromatic carbocycles. The van der Waals surface area contributed by atoms with E-state index in [1.807, 2.05) is 0 Å². The van der Waals surface area contributed by atoms with E-state index in [0.29, 0.717) is 19.3 Å². The molecule has 0 saturated carbocycles. The Morgan fingerprint density at radius 2 is 1.71 bits per heavy atom. The number of amides is 2. The van der Waals surface area contributed by atoms with Crippen LogP contribution < -0.4 is 5.32 Å². The molecule has 1 aliphatic heterocycles. The van der Waals surface area contributed by atoms with Crippen molar-refractivity contribution in [2.24, 2.45) is 0 Å². The Balaban J connectivity index is 3.40. The van der Waals surface area contributed by atoms with Crippen molar-refractivity contribution in [3.05, 3.63) is 25.3 Å². The third-order valence-electron chi connectivity index (χ3n) is 6.62. The maximum atomic E-state index is 13.9. The second-order valence-electron chi connectivity index (χ2n) is 11.6. The van der Waals surface area contributed by atoms with Gasteiger partial charge in [0.25, 0.3) is 0 Å². The van der Waals surface area contributed by atoms with Gasteiger partial charge in [-0.25, -0.2) is 9.59 Å². The summed E-state index contributed by atoms with van der Waals surface area (Å²) in [6, 6.07) is -2.12. The molecule has 0 aromatic rings. The van der Waals surface area contributed by atoms with Crippen LogP contribution in [0.15, 0.2) is 25.3 Å². The highest BCUT2D eigenvalue weighted by Crippen LogP contribution is 2.41. The SMILES string of the molecule is C=CCC[C@H]1[C@@H](O[Si](C)(C)C(C)(C)C)C[C@@H](C(=O)OC)N1C(=O)[C@H](CC=C)NC(=O)OC(C)(C)C. The Bertz CT molecular complexity index is 784. The lowest BCUT2D eigenvalue weighted by Gasteiger charge is -2.40. The van der Waals surface area contributed by atoms with Gasteiger partial charge in [-0.3, -0.25) is 4.79 Å². The van der Waals surface area contributed by atoms with Crippen molar-refractivity contribution in [2.45, 2.75) is 115 Å². The lowest BCUT2D eigenvalue weighted by molar-refractivity contribution is -0.153. The maximum Gasteiger partial charge on any atom is 0.408 e. The fourth-order valence-electron chi connectivity index (χ4n) is 3.88. The average Bonchev–Trinajstić information content (AvgIpc) is 3.05. The number of alkyl carbamates (subject to hydrolysis) is 1. The van der Waals surface area contributed by atoms with Gasteiger partial charge in [0.2, 0.25) is 5.91 Å². The summed E-state index contributed by atoms with van der Waals surface area (Å²) in [4.78, 5) is 40.8. The zero-order valence-corrected chi connectivity index (χ0v) is 24.1. The molecule has 9 heteroatoms. The number of allylic oxidation sites excluding steroid dienone is 1. The predicted molar refractivity (Wildman–Crippen MR) is 141 cm³/mol. The van der Waals surface area contributed by atoms with E-state index in [-0.39, 0.29) is 29.5 Å². The van der Waals surface area contributed by atoms with Gasteiger partial charge in [-0.05, 0) is 58.2 Å². The third kappa shape index (κ3) is 8.49. The zero-order valence-electron chi connectivity index (χ0n) is 23.1. The lowest BCUT2D eigenvalue weighted by Crippen LogP contribution is -2.56. The maximum absolute atomic E-state index is 13.9. The van der Waals surface area contributed by atoms with Crippen LogP contribution in [0.5, 0.6) is 0 Å². The standard InChI is InChI=1S/C26H46N2O6Si/c1-12-14-16-19-21(34-35(10,11)26(6,7)8)17-20(23(30)32-9)28(19)22(29)18(15-13-2)27-24(31)33-25(3,4)5/h12-13,18-21H,1-2,14-17H2,3-11H3,(H,27,31)/t18-,19-,20-,21-/m0/s1. The number of rotatable bonds is 10. The fourth-order valence-corrected chi connectivity index (χ4v) is 5.24. The largest absolute Gasteiger partial charge is 0.467 e. The molecule has 8 nitrogen and oxygen atoms in total. The molecule has 1 N–H and O–H groups in total. The highest BCUT2D eigenvalue weighted by molar-refractivity contribution is 6.74. The van der Waals surface area contributed by atoms with Crippen molar-refractivity contribution in [1.29, 1.82) is 0 Å². The molecule has 0 radical (unpaired) electrons. The monoisotopic (exact) mass is 510 g/mol. The number of carbonyl (C=O) groups is 3. The van der Waals surface area contributed by atoms with Gasteiger partial charge in [-0.2, -0.15) is 0 Å². The second kappa shape index (κ2) is 12.2. The van der Waals surface area contributed by atoms with Gasteiger partial charge in [-0.1, -0.05) is 32.9 Å². The van der Waals surface area contributed by atoms with Gasteiger partial charge < -0.3 is 24.1 Å². The van der Waals surface area contributed by atoms with Crippen LogP contribution in [0.3, 0.4) is 0 Å². The molecule has 0 spiro atoms. The van der Waals surface area contributed by atoms with Crippen molar-refractivity contribution in [3.63, 3.8) is 0 Å². The molecule has 0 bridgehead atoms. The van der Waals surface area contributed by atoms with E-state index in [1.54, 1.807) is 37.8 Å². The topological polar surface area (TPSA) is 94.2 Å². The Kier molecular flexibility index (Phi) is 10.8. The normalized spacial score (nSPS) is 21.7. The van der Waals surface area contributed by atoms with Crippen LogP contribution in [0.1, 0.15) is 67.2 Å². The van der Waals surface area contributed by atoms with Crippen LogP contribution in [-0.2, 0) is 23.5 Å². The van der Waals surface area contributed by atoms with E-state index >= 15 is 0 Å². The van der Waals surface area contributed by atoms with Crippen molar-refractivity contribution >= 4 is 26.3 Å². The quantitative estimate of drug-likeness (QED) is 0.254. The predicted octanol–water partition coefficient (Wildman–Crippen LogP) is 4.95. The summed E-state index contributed by atoms with van der Waals surface area (Å²) in [5.74, 6) is -0.889. The molecular formula is C26H46N2O6Si. The van der Waals surface area contributed by atoms with Gasteiger partial charge in [-0.15, -0.1) is 13.2 Å². The molecule has 0 unspecified atom stereocenters. The number of nitrogens with zero attached hydrogens (tertiary/aromatic N) is 1. The molecular weight excluding hydrogens is 464 g/mol. The van der Waals surface area contributed by atoms with Crippen molar-refractivity contribution < 1.29 is 28.3 Å². The molecule has 0 aromatic heterocycles. The number of ether oxygens (including phenoxy) is 2. The van der Waals surface area contributed by atoms with Crippen LogP contribution >= 0.6 is 0 Å². The summed E-state index contributed by atoms with van der Waals surface area (Å²) in [5.41, 5.74) is -0.720. The molecule has 2 amide bonds. The summed E-state index contributed by atoms with van der Waals surface area (Å²) in [6.45, 7) is 23.6. The lowest BCUT2D eigenvalue weighted by atomic mass is 10.1. The first kappa shape index (κ1) is 30.9. The molecule has 1 aliphatic rings. The minimum atomic E-state index is -2.21. The molecule has 1 saturated heterocycles. The van der Waals surface area contributed by atoms with Crippen LogP contribution in [0.4, 0.5) is 4.79 Å². The van der Waals surface area contributed by atoms with Gasteiger partial charge in [0.1, 0.15) is 17.7 Å². The van der Waals surface area contributed by atoms with Gasteiger partial charge in [0.15, 0.2) is 8.32 Å². The first-order valence-electron chi connectivity index (χ1n) is 12.3. The molecule has 1 rings (SSSR count). The van der Waals surface area contributed by atoms with Gasteiger partial charge in [0, 0.05) is 6.42 Å². The minimum absolute atomic E-state index is 0.0438. The Morgan fingerprint density at radius 1 is 1.11 bits per heavy atom. The van der Waals surface area contributed by atoms with Crippen molar-refractivity contribution in [2.75, 3.05) is 7.11 Å². The fraction of sp³-hybridized carbons (Fsp3) is 0.731. The Hall–Kier alpha value is -2.13. The number of esters is 1. The molecule has 1 fully saturated rings. The average molecular weight is 511 g/mol. The number of hydrogen-bond donors (Lipinski definition) is 1. The molecule has 0 aliphatic carbocycles. The van der Waals surface area contributed by atoms with Crippen LogP contribution in [-0.4, -0.2) is 68.1 Å². The first-order chi connectivity index (χ1) is 16.0. The molecule has 200 valence electrons. The Morgan fingerprint density at radius 3 is 2.17 bits per heavy atom. The molecule has 1 heterocycles. The Labute approximate surface area is 212 Å². The molecule has 4 atom stereocenters. The van der Waals surface area contributed by atoms with Crippen LogP contribution in [0.25, 0.3) is 0 Å². The van der Waals surface area contributed by atoms with Gasteiger partial charge in [0.05, 0.1) is 19.3 Å². The van der Waals surface area contributed by atoms with Crippen molar-refractivity contribution in [1.82, 2.24) is 10.2 Å². The van der Waals surface area contributed by atoms with Crippen LogP contribution in [0.2, 0.25) is 18.1 Å². The van der Waals surface area contributed by atoms with E-state index in [2.05, 4.69) is 52.3 Å². The first-order valence-corrected chi connectivity index (χ1v) is 15.2. The highest BCUT2D eigenvalue weighted by Gasteiger charge is 2.52. The summed E-state index contributed by atoms with van der Waals surface area (Å²) >= 11 is 0.